The predicted octanol–water partition coefficient (Wildman–Crippen LogP) is 36.8. The molecule has 0 saturated carbocycles. The number of rotatable bonds is 0. The van der Waals surface area contributed by atoms with Crippen molar-refractivity contribution in [3.8, 4) is 0 Å². The number of aryl methyl sites for hydroxylation is 30. The van der Waals surface area contributed by atoms with Crippen LogP contribution < -0.4 is 0 Å². The SMILES string of the molecule is Cc1cc(C)c2c(C)c(C)c3c(C)ccc4ccc1c2c43.Cc1cc(C)c2cc(C)c3c(C)cc(C)c4ccc1c2c43.Cc1cc2c(C)cc(C)c3c(C)cc4c(C)ccc1c4c23.Cc1cc2c(C)cc3ccc(C)c4c(C)cc(c1C)c2c34.Cc1cc2ccc(C)c3c(C)c(C)c4c(C)ccc1c4c23.Cc1ccc2cc(C)c3c(C)cc(C)c4c(C)cc1c2c34. The smallest absolute Gasteiger partial charge is 0.00160 e. The molecule has 0 spiro atoms. The van der Waals surface area contributed by atoms with Crippen molar-refractivity contribution in [2.75, 3.05) is 0 Å². The van der Waals surface area contributed by atoms with Crippen LogP contribution in [-0.2, 0) is 0 Å². The predicted molar refractivity (Wildman–Crippen MR) is 563 cm³/mol. The van der Waals surface area contributed by atoms with Gasteiger partial charge in [0.2, 0.25) is 0 Å². The van der Waals surface area contributed by atoms with Crippen molar-refractivity contribution >= 4 is 194 Å². The summed E-state index contributed by atoms with van der Waals surface area (Å²) in [7, 11) is 0. The van der Waals surface area contributed by atoms with E-state index in [0.717, 1.165) is 0 Å². The first kappa shape index (κ1) is 83.1. The molecule has 0 aliphatic rings. The Kier molecular flexibility index (Phi) is 19.9. The van der Waals surface area contributed by atoms with Gasteiger partial charge in [-0.25, -0.2) is 0 Å². The maximum Gasteiger partial charge on any atom is -0.00160 e. The van der Waals surface area contributed by atoms with Crippen LogP contribution in [0.15, 0.2) is 182 Å². The molecule has 0 unspecified atom stereocenters. The maximum absolute atomic E-state index is 2.39. The molecule has 0 bridgehead atoms. The van der Waals surface area contributed by atoms with Crippen molar-refractivity contribution in [1.29, 1.82) is 0 Å². The lowest BCUT2D eigenvalue weighted by Crippen LogP contribution is -1.96. The lowest BCUT2D eigenvalue weighted by Gasteiger charge is -2.20. The van der Waals surface area contributed by atoms with Crippen molar-refractivity contribution in [3.63, 3.8) is 0 Å². The van der Waals surface area contributed by atoms with Crippen molar-refractivity contribution in [2.45, 2.75) is 208 Å². The third kappa shape index (κ3) is 12.4. The molecule has 24 aromatic carbocycles. The highest BCUT2D eigenvalue weighted by Gasteiger charge is 2.25. The van der Waals surface area contributed by atoms with E-state index in [9.17, 15) is 0 Å². The Balaban J connectivity index is 0.0000000987. The van der Waals surface area contributed by atoms with Crippen molar-refractivity contribution in [2.24, 2.45) is 0 Å². The zero-order valence-electron chi connectivity index (χ0n) is 80.3. The fourth-order valence-electron chi connectivity index (χ4n) is 24.5. The Bertz CT molecular complexity index is 8590. The van der Waals surface area contributed by atoms with E-state index in [-0.39, 0.29) is 0 Å². The van der Waals surface area contributed by atoms with Gasteiger partial charge in [0.1, 0.15) is 0 Å². The number of hydrogen-bond acceptors (Lipinski definition) is 0. The second kappa shape index (κ2) is 30.1. The minimum Gasteiger partial charge on any atom is -0.0581 e. The minimum atomic E-state index is 1.36. The second-order valence-corrected chi connectivity index (χ2v) is 39.1. The lowest BCUT2D eigenvalue weighted by molar-refractivity contribution is 1.37. The molecule has 126 heavy (non-hydrogen) atoms. The van der Waals surface area contributed by atoms with E-state index < -0.39 is 0 Å². The molecule has 0 aliphatic carbocycles. The summed E-state index contributed by atoms with van der Waals surface area (Å²) in [5, 5.41) is 51.5. The summed E-state index contributed by atoms with van der Waals surface area (Å²) in [6.45, 7) is 67.3. The highest BCUT2D eigenvalue weighted by molar-refractivity contribution is 6.32. The van der Waals surface area contributed by atoms with E-state index >= 15 is 0 Å². The highest BCUT2D eigenvalue weighted by Crippen LogP contribution is 2.50. The summed E-state index contributed by atoms with van der Waals surface area (Å²) in [5.74, 6) is 0. The molecule has 624 valence electrons. The van der Waals surface area contributed by atoms with Gasteiger partial charge in [-0.15, -0.1) is 0 Å². The van der Waals surface area contributed by atoms with E-state index in [4.69, 9.17) is 0 Å². The fraction of sp³-hybridized carbons (Fsp3) is 0.238. The van der Waals surface area contributed by atoms with E-state index in [1.54, 1.807) is 0 Å². The van der Waals surface area contributed by atoms with Gasteiger partial charge >= 0.3 is 0 Å². The van der Waals surface area contributed by atoms with Crippen LogP contribution in [-0.4, -0.2) is 0 Å². The monoisotopic (exact) mass is 1630 g/mol. The number of benzene rings is 24. The van der Waals surface area contributed by atoms with Gasteiger partial charge in [-0.05, 0) is 569 Å². The Morgan fingerprint density at radius 1 is 0.0873 bits per heavy atom. The Hall–Kier alpha value is -12.5. The second-order valence-electron chi connectivity index (χ2n) is 39.1. The fourth-order valence-corrected chi connectivity index (χ4v) is 24.5. The van der Waals surface area contributed by atoms with Crippen LogP contribution in [0, 0.1) is 208 Å². The quantitative estimate of drug-likeness (QED) is 0.133. The Labute approximate surface area is 745 Å². The van der Waals surface area contributed by atoms with Gasteiger partial charge in [-0.3, -0.25) is 0 Å². The molecule has 0 fully saturated rings. The third-order valence-electron chi connectivity index (χ3n) is 30.6. The largest absolute Gasteiger partial charge is 0.0581 e. The van der Waals surface area contributed by atoms with Crippen LogP contribution in [0.3, 0.4) is 0 Å². The zero-order valence-corrected chi connectivity index (χ0v) is 80.3. The Morgan fingerprint density at radius 3 is 0.762 bits per heavy atom. The first-order valence-electron chi connectivity index (χ1n) is 45.9. The molecule has 24 rings (SSSR count). The summed E-state index contributed by atoms with van der Waals surface area (Å²) in [6, 6.07) is 69.4. The van der Waals surface area contributed by atoms with E-state index in [1.165, 1.54) is 361 Å². The molecule has 0 amide bonds. The van der Waals surface area contributed by atoms with Crippen LogP contribution in [0.1, 0.15) is 167 Å². The molecular weight excluding hydrogens is 1510 g/mol. The third-order valence-corrected chi connectivity index (χ3v) is 30.6. The summed E-state index contributed by atoms with van der Waals surface area (Å²) >= 11 is 0. The van der Waals surface area contributed by atoms with E-state index in [1.807, 2.05) is 0 Å². The van der Waals surface area contributed by atoms with Crippen LogP contribution in [0.4, 0.5) is 0 Å². The van der Waals surface area contributed by atoms with Gasteiger partial charge in [0.15, 0.2) is 0 Å². The van der Waals surface area contributed by atoms with Gasteiger partial charge in [-0.1, -0.05) is 182 Å². The van der Waals surface area contributed by atoms with Crippen molar-refractivity contribution in [1.82, 2.24) is 0 Å². The molecule has 0 heterocycles. The molecule has 0 nitrogen and oxygen atoms in total. The van der Waals surface area contributed by atoms with Gasteiger partial charge in [0.05, 0.1) is 0 Å². The summed E-state index contributed by atoms with van der Waals surface area (Å²) < 4.78 is 0. The van der Waals surface area contributed by atoms with Crippen LogP contribution in [0.2, 0.25) is 0 Å². The van der Waals surface area contributed by atoms with Crippen LogP contribution in [0.25, 0.3) is 194 Å². The summed E-state index contributed by atoms with van der Waals surface area (Å²) in [5.41, 5.74) is 41.8. The van der Waals surface area contributed by atoms with Crippen molar-refractivity contribution < 1.29 is 0 Å². The topological polar surface area (TPSA) is 0 Å². The van der Waals surface area contributed by atoms with Crippen LogP contribution >= 0.6 is 0 Å². The van der Waals surface area contributed by atoms with Gasteiger partial charge in [0, 0.05) is 0 Å². The van der Waals surface area contributed by atoms with E-state index in [0.29, 0.717) is 0 Å². The molecule has 0 aliphatic heterocycles. The molecule has 0 saturated heterocycles. The average molecular weight is 1630 g/mol. The van der Waals surface area contributed by atoms with Gasteiger partial charge in [0.25, 0.3) is 0 Å². The normalized spacial score (nSPS) is 12.0. The van der Waals surface area contributed by atoms with Gasteiger partial charge < -0.3 is 0 Å². The van der Waals surface area contributed by atoms with Crippen LogP contribution in [0.5, 0.6) is 0 Å². The number of hydrogen-bond donors (Lipinski definition) is 0. The lowest BCUT2D eigenvalue weighted by atomic mass is 9.84. The zero-order chi connectivity index (χ0) is 89.3. The Morgan fingerprint density at radius 2 is 0.286 bits per heavy atom. The summed E-state index contributed by atoms with van der Waals surface area (Å²) in [6.07, 6.45) is 0. The first-order valence-corrected chi connectivity index (χ1v) is 45.9. The molecule has 0 N–H and O–H groups in total. The first-order chi connectivity index (χ1) is 60.0. The average Bonchev–Trinajstić information content (AvgIpc) is 0.735. The maximum atomic E-state index is 2.39. The molecule has 0 radical (unpaired) electrons. The molecule has 24 aromatic rings. The minimum absolute atomic E-state index is 1.36. The summed E-state index contributed by atoms with van der Waals surface area (Å²) in [4.78, 5) is 0. The van der Waals surface area contributed by atoms with E-state index in [2.05, 4.69) is 390 Å². The standard InChI is InChI=1S/6C21H20/c1-11-6-8-16-10-13(3)17-9-7-12(2)19-15(5)14(4)18(11)20(16)21(17)19;1-11-8-13(3)18-10-15(5)19-14(4)9-12(2)17-7-6-16(11)20(18)21(17)19;1-11-6-7-16-8-13(3)17-9-12(2)15(5)18-10-14(4)19(11)20(16)21(17)18;1-11-6-7-16-13(3)9-18-12(2)8-14(4)19-15(5)10-17(11)20(16)21(18)19;1-11-6-7-16-9-14(4)18-12(2)8-13(3)19-15(5)10-17(11)20(16)21(18)19;1-11-6-7-16-8-9-17-12(2)10-13(3)19-15(5)14(4)18(11)20(16)21(17)19/h6*6-10H,1-5H3. The highest BCUT2D eigenvalue weighted by atomic mass is 14.3. The van der Waals surface area contributed by atoms with Gasteiger partial charge in [-0.2, -0.15) is 0 Å². The molecular formula is C126H120. The molecule has 0 aromatic heterocycles. The van der Waals surface area contributed by atoms with Crippen molar-refractivity contribution in [3.05, 3.63) is 349 Å². The molecule has 0 heteroatoms. The molecule has 0 atom stereocenters.